The van der Waals surface area contributed by atoms with Crippen LogP contribution in [0.25, 0.3) is 0 Å². The first-order valence-electron chi connectivity index (χ1n) is 6.31. The van der Waals surface area contributed by atoms with E-state index in [0.717, 1.165) is 12.1 Å². The van der Waals surface area contributed by atoms with Crippen LogP contribution in [0.2, 0.25) is 0 Å². The molecule has 0 spiro atoms. The van der Waals surface area contributed by atoms with Crippen molar-refractivity contribution in [3.63, 3.8) is 0 Å². The van der Waals surface area contributed by atoms with Crippen LogP contribution in [0.1, 0.15) is 10.4 Å². The summed E-state index contributed by atoms with van der Waals surface area (Å²) in [6, 6.07) is 10.2. The lowest BCUT2D eigenvalue weighted by Gasteiger charge is -2.09. The van der Waals surface area contributed by atoms with Crippen LogP contribution in [0, 0.1) is 5.82 Å². The third-order valence-corrected chi connectivity index (χ3v) is 2.72. The van der Waals surface area contributed by atoms with Gasteiger partial charge in [-0.05, 0) is 24.3 Å². The fraction of sp³-hybridized carbons (Fsp3) is 0.133. The van der Waals surface area contributed by atoms with E-state index in [1.807, 2.05) is 0 Å². The summed E-state index contributed by atoms with van der Waals surface area (Å²) >= 11 is 0. The highest BCUT2D eigenvalue weighted by molar-refractivity contribution is 5.96. The van der Waals surface area contributed by atoms with Crippen molar-refractivity contribution in [3.8, 4) is 11.5 Å². The number of ether oxygens (including phenoxy) is 1. The number of halogens is 1. The highest BCUT2D eigenvalue weighted by Crippen LogP contribution is 2.17. The third kappa shape index (κ3) is 4.10. The molecule has 0 heterocycles. The van der Waals surface area contributed by atoms with Crippen molar-refractivity contribution in [2.45, 2.75) is 0 Å². The molecule has 0 aromatic heterocycles. The minimum absolute atomic E-state index is 0.0142. The maximum atomic E-state index is 12.8. The van der Waals surface area contributed by atoms with Crippen LogP contribution in [-0.4, -0.2) is 24.2 Å². The van der Waals surface area contributed by atoms with Gasteiger partial charge in [-0.1, -0.05) is 6.07 Å². The second kappa shape index (κ2) is 6.60. The smallest absolute Gasteiger partial charge is 0.255 e. The van der Waals surface area contributed by atoms with Gasteiger partial charge in [0.05, 0.1) is 12.1 Å². The molecule has 2 aromatic rings. The van der Waals surface area contributed by atoms with Gasteiger partial charge in [0.1, 0.15) is 23.9 Å². The van der Waals surface area contributed by atoms with Crippen LogP contribution in [0.5, 0.6) is 11.5 Å². The number of carbonyl (C=O) groups is 1. The van der Waals surface area contributed by atoms with Gasteiger partial charge in [-0.15, -0.1) is 0 Å². The minimum atomic E-state index is -0.603. The Hall–Kier alpha value is -2.76. The van der Waals surface area contributed by atoms with Crippen molar-refractivity contribution in [3.05, 3.63) is 53.8 Å². The predicted octanol–water partition coefficient (Wildman–Crippen LogP) is 1.92. The zero-order chi connectivity index (χ0) is 15.2. The lowest BCUT2D eigenvalue weighted by molar-refractivity contribution is 0.0944. The van der Waals surface area contributed by atoms with Crippen LogP contribution in [-0.2, 0) is 0 Å². The fourth-order valence-corrected chi connectivity index (χ4v) is 1.73. The van der Waals surface area contributed by atoms with Gasteiger partial charge in [0, 0.05) is 17.8 Å². The van der Waals surface area contributed by atoms with E-state index in [0.29, 0.717) is 11.4 Å². The molecule has 0 saturated carbocycles. The van der Waals surface area contributed by atoms with Gasteiger partial charge in [0.25, 0.3) is 5.91 Å². The van der Waals surface area contributed by atoms with Crippen molar-refractivity contribution >= 4 is 11.6 Å². The molecule has 21 heavy (non-hydrogen) atoms. The molecule has 110 valence electrons. The SMILES string of the molecule is Nc1cccc(OCCNC(=O)c2ccc(F)cc2O)c1. The fourth-order valence-electron chi connectivity index (χ4n) is 1.73. The van der Waals surface area contributed by atoms with Gasteiger partial charge in [-0.25, -0.2) is 4.39 Å². The maximum Gasteiger partial charge on any atom is 0.255 e. The number of nitrogens with two attached hydrogens (primary N) is 1. The Morgan fingerprint density at radius 2 is 2.10 bits per heavy atom. The predicted molar refractivity (Wildman–Crippen MR) is 76.7 cm³/mol. The summed E-state index contributed by atoms with van der Waals surface area (Å²) in [6.07, 6.45) is 0. The Kier molecular flexibility index (Phi) is 4.61. The first kappa shape index (κ1) is 14.6. The molecule has 0 saturated heterocycles. The average Bonchev–Trinajstić information content (AvgIpc) is 2.43. The minimum Gasteiger partial charge on any atom is -0.507 e. The number of carbonyl (C=O) groups excluding carboxylic acids is 1. The van der Waals surface area contributed by atoms with Crippen LogP contribution < -0.4 is 15.8 Å². The van der Waals surface area contributed by atoms with Crippen LogP contribution in [0.3, 0.4) is 0 Å². The number of benzene rings is 2. The number of rotatable bonds is 5. The van der Waals surface area contributed by atoms with E-state index in [-0.39, 0.29) is 18.7 Å². The Bertz CT molecular complexity index is 647. The van der Waals surface area contributed by atoms with E-state index < -0.39 is 17.5 Å². The summed E-state index contributed by atoms with van der Waals surface area (Å²) in [7, 11) is 0. The van der Waals surface area contributed by atoms with Gasteiger partial charge < -0.3 is 20.9 Å². The summed E-state index contributed by atoms with van der Waals surface area (Å²) in [5, 5.41) is 12.0. The normalized spacial score (nSPS) is 10.1. The quantitative estimate of drug-likeness (QED) is 0.580. The molecule has 1 amide bonds. The second-order valence-corrected chi connectivity index (χ2v) is 4.34. The van der Waals surface area contributed by atoms with E-state index in [2.05, 4.69) is 5.32 Å². The van der Waals surface area contributed by atoms with Crippen LogP contribution >= 0.6 is 0 Å². The molecule has 0 atom stereocenters. The molecular formula is C15H15FN2O3. The molecule has 6 heteroatoms. The number of nitrogen functional groups attached to an aromatic ring is 1. The van der Waals surface area contributed by atoms with E-state index in [4.69, 9.17) is 10.5 Å². The number of phenolic OH excluding ortho intramolecular Hbond substituents is 1. The van der Waals surface area contributed by atoms with Gasteiger partial charge in [-0.3, -0.25) is 4.79 Å². The number of hydrogen-bond donors (Lipinski definition) is 3. The second-order valence-electron chi connectivity index (χ2n) is 4.34. The first-order chi connectivity index (χ1) is 10.1. The topological polar surface area (TPSA) is 84.6 Å². The summed E-state index contributed by atoms with van der Waals surface area (Å²) in [4.78, 5) is 11.8. The van der Waals surface area contributed by atoms with E-state index in [9.17, 15) is 14.3 Å². The lowest BCUT2D eigenvalue weighted by atomic mass is 10.2. The summed E-state index contributed by atoms with van der Waals surface area (Å²) in [5.41, 5.74) is 6.21. The molecule has 2 aromatic carbocycles. The largest absolute Gasteiger partial charge is 0.507 e. The molecule has 0 aliphatic carbocycles. The number of aromatic hydroxyl groups is 1. The van der Waals surface area contributed by atoms with E-state index >= 15 is 0 Å². The Balaban J connectivity index is 1.82. The molecule has 0 unspecified atom stereocenters. The van der Waals surface area contributed by atoms with Crippen molar-refractivity contribution in [1.82, 2.24) is 5.32 Å². The molecule has 0 radical (unpaired) electrons. The lowest BCUT2D eigenvalue weighted by Crippen LogP contribution is -2.28. The van der Waals surface area contributed by atoms with Gasteiger partial charge in [0.15, 0.2) is 0 Å². The van der Waals surface area contributed by atoms with Gasteiger partial charge in [-0.2, -0.15) is 0 Å². The number of nitrogens with one attached hydrogen (secondary N) is 1. The number of amides is 1. The van der Waals surface area contributed by atoms with Gasteiger partial charge in [0.2, 0.25) is 0 Å². The third-order valence-electron chi connectivity index (χ3n) is 2.72. The highest BCUT2D eigenvalue weighted by Gasteiger charge is 2.11. The maximum absolute atomic E-state index is 12.8. The first-order valence-corrected chi connectivity index (χ1v) is 6.31. The molecular weight excluding hydrogens is 275 g/mol. The van der Waals surface area contributed by atoms with Crippen LogP contribution in [0.4, 0.5) is 10.1 Å². The van der Waals surface area contributed by atoms with Crippen molar-refractivity contribution in [2.24, 2.45) is 0 Å². The van der Waals surface area contributed by atoms with E-state index in [1.165, 1.54) is 6.07 Å². The highest BCUT2D eigenvalue weighted by atomic mass is 19.1. The summed E-state index contributed by atoms with van der Waals surface area (Å²) < 4.78 is 18.2. The molecule has 0 aliphatic rings. The summed E-state index contributed by atoms with van der Waals surface area (Å²) in [6.45, 7) is 0.488. The molecule has 4 N–H and O–H groups in total. The van der Waals surface area contributed by atoms with E-state index in [1.54, 1.807) is 24.3 Å². The summed E-state index contributed by atoms with van der Waals surface area (Å²) in [5.74, 6) is -0.893. The zero-order valence-corrected chi connectivity index (χ0v) is 11.2. The molecule has 0 fully saturated rings. The number of hydrogen-bond acceptors (Lipinski definition) is 4. The zero-order valence-electron chi connectivity index (χ0n) is 11.2. The average molecular weight is 290 g/mol. The van der Waals surface area contributed by atoms with Crippen molar-refractivity contribution in [1.29, 1.82) is 0 Å². The van der Waals surface area contributed by atoms with Crippen LogP contribution in [0.15, 0.2) is 42.5 Å². The number of anilines is 1. The van der Waals surface area contributed by atoms with Crippen molar-refractivity contribution < 1.29 is 19.0 Å². The van der Waals surface area contributed by atoms with Gasteiger partial charge >= 0.3 is 0 Å². The standard InChI is InChI=1S/C15H15FN2O3/c16-10-4-5-13(14(19)8-10)15(20)18-6-7-21-12-3-1-2-11(17)9-12/h1-5,8-9,19H,6-7,17H2,(H,18,20). The monoisotopic (exact) mass is 290 g/mol. The Morgan fingerprint density at radius 1 is 1.29 bits per heavy atom. The Morgan fingerprint density at radius 3 is 2.81 bits per heavy atom. The Labute approximate surface area is 121 Å². The molecule has 5 nitrogen and oxygen atoms in total. The number of phenols is 1. The van der Waals surface area contributed by atoms with Crippen molar-refractivity contribution in [2.75, 3.05) is 18.9 Å². The molecule has 0 bridgehead atoms. The molecule has 0 aliphatic heterocycles. The molecule has 2 rings (SSSR count).